The lowest BCUT2D eigenvalue weighted by molar-refractivity contribution is -0.121. The van der Waals surface area contributed by atoms with Gasteiger partial charge in [-0.2, -0.15) is 10.2 Å². The van der Waals surface area contributed by atoms with Gasteiger partial charge in [-0.05, 0) is 55.8 Å². The van der Waals surface area contributed by atoms with E-state index in [4.69, 9.17) is 20.5 Å². The molecule has 0 saturated carbocycles. The third-order valence-electron chi connectivity index (χ3n) is 7.11. The van der Waals surface area contributed by atoms with E-state index >= 15 is 0 Å². The molecule has 0 aliphatic heterocycles. The van der Waals surface area contributed by atoms with E-state index < -0.39 is 17.3 Å². The Morgan fingerprint density at radius 1 is 0.980 bits per heavy atom. The highest BCUT2D eigenvalue weighted by Crippen LogP contribution is 2.13. The van der Waals surface area contributed by atoms with Gasteiger partial charge in [-0.25, -0.2) is 14.4 Å². The van der Waals surface area contributed by atoms with Crippen molar-refractivity contribution in [3.63, 3.8) is 0 Å². The molecule has 262 valence electrons. The fourth-order valence-electron chi connectivity index (χ4n) is 4.48. The Morgan fingerprint density at radius 3 is 2.40 bits per heavy atom. The number of nitrogens with one attached hydrogen (secondary N) is 5. The molecule has 7 N–H and O–H groups in total. The second kappa shape index (κ2) is 18.5. The molecule has 4 rings (SSSR count). The summed E-state index contributed by atoms with van der Waals surface area (Å²) >= 11 is 0. The fourth-order valence-corrected chi connectivity index (χ4v) is 4.48. The number of nitriles is 1. The second-order valence-electron chi connectivity index (χ2n) is 11.0. The van der Waals surface area contributed by atoms with Crippen molar-refractivity contribution in [3.05, 3.63) is 87.2 Å². The van der Waals surface area contributed by atoms with E-state index in [1.165, 1.54) is 18.3 Å². The lowest BCUT2D eigenvalue weighted by atomic mass is 10.1. The molecule has 0 spiro atoms. The van der Waals surface area contributed by atoms with Crippen LogP contribution in [0, 0.1) is 17.1 Å². The molecule has 0 aliphatic carbocycles. The molecule has 17 heteroatoms. The zero-order valence-corrected chi connectivity index (χ0v) is 27.3. The minimum atomic E-state index is -0.684. The Hall–Kier alpha value is -5.99. The van der Waals surface area contributed by atoms with Crippen molar-refractivity contribution < 1.29 is 28.2 Å². The number of nitrogens with two attached hydrogens (primary N) is 1. The third-order valence-corrected chi connectivity index (χ3v) is 7.11. The van der Waals surface area contributed by atoms with E-state index in [1.807, 2.05) is 6.92 Å². The van der Waals surface area contributed by atoms with E-state index in [0.717, 1.165) is 11.8 Å². The van der Waals surface area contributed by atoms with Crippen LogP contribution in [-0.2, 0) is 20.8 Å². The van der Waals surface area contributed by atoms with Gasteiger partial charge in [0.25, 0.3) is 17.4 Å². The molecule has 2 heterocycles. The summed E-state index contributed by atoms with van der Waals surface area (Å²) in [6.45, 7) is 3.75. The highest BCUT2D eigenvalue weighted by molar-refractivity contribution is 5.95. The summed E-state index contributed by atoms with van der Waals surface area (Å²) in [6.07, 6.45) is 2.17. The monoisotopic (exact) mass is 688 g/mol. The van der Waals surface area contributed by atoms with Crippen molar-refractivity contribution in [2.75, 3.05) is 50.6 Å². The molecular weight excluding hydrogens is 651 g/mol. The maximum absolute atomic E-state index is 13.4. The first-order chi connectivity index (χ1) is 24.1. The van der Waals surface area contributed by atoms with Gasteiger partial charge >= 0.3 is 0 Å². The smallest absolute Gasteiger partial charge is 0.280 e. The number of carbonyl (C=O) groups excluding carboxylic acids is 3. The van der Waals surface area contributed by atoms with Gasteiger partial charge in [-0.3, -0.25) is 24.2 Å². The number of anilines is 2. The average molecular weight is 689 g/mol. The van der Waals surface area contributed by atoms with E-state index in [9.17, 15) is 23.6 Å². The fraction of sp³-hybridized carbons (Fsp3) is 0.333. The van der Waals surface area contributed by atoms with E-state index in [-0.39, 0.29) is 85.4 Å². The molecule has 4 aromatic rings. The minimum Gasteiger partial charge on any atom is -0.379 e. The van der Waals surface area contributed by atoms with Gasteiger partial charge in [0.05, 0.1) is 50.4 Å². The highest BCUT2D eigenvalue weighted by atomic mass is 19.1. The lowest BCUT2D eigenvalue weighted by Gasteiger charge is -2.14. The van der Waals surface area contributed by atoms with Gasteiger partial charge < -0.3 is 36.5 Å². The Kier molecular flexibility index (Phi) is 13.6. The molecule has 0 fully saturated rings. The molecule has 1 atom stereocenters. The molecule has 0 unspecified atom stereocenters. The predicted octanol–water partition coefficient (Wildman–Crippen LogP) is 1.40. The first-order valence-electron chi connectivity index (χ1n) is 15.7. The number of rotatable bonds is 18. The zero-order valence-electron chi connectivity index (χ0n) is 27.3. The Bertz CT molecular complexity index is 1900. The third kappa shape index (κ3) is 11.3. The van der Waals surface area contributed by atoms with Crippen LogP contribution in [0.5, 0.6) is 0 Å². The lowest BCUT2D eigenvalue weighted by Crippen LogP contribution is -2.34. The molecule has 0 aliphatic rings. The van der Waals surface area contributed by atoms with Crippen LogP contribution in [0.3, 0.4) is 0 Å². The van der Waals surface area contributed by atoms with Crippen LogP contribution in [0.4, 0.5) is 16.0 Å². The van der Waals surface area contributed by atoms with Crippen molar-refractivity contribution in [1.82, 2.24) is 35.9 Å². The van der Waals surface area contributed by atoms with Gasteiger partial charge in [0, 0.05) is 42.4 Å². The Morgan fingerprint density at radius 2 is 1.68 bits per heavy atom. The summed E-state index contributed by atoms with van der Waals surface area (Å²) in [6, 6.07) is 11.8. The van der Waals surface area contributed by atoms with Crippen LogP contribution in [0.15, 0.2) is 53.5 Å². The normalized spacial score (nSPS) is 11.4. The van der Waals surface area contributed by atoms with Crippen LogP contribution in [0.25, 0.3) is 11.2 Å². The van der Waals surface area contributed by atoms with Gasteiger partial charge in [0.15, 0.2) is 11.2 Å². The largest absolute Gasteiger partial charge is 0.379 e. The van der Waals surface area contributed by atoms with Gasteiger partial charge in [-0.1, -0.05) is 0 Å². The number of hydrogen-bond donors (Lipinski definition) is 6. The average Bonchev–Trinajstić information content (AvgIpc) is 3.11. The molecule has 0 bridgehead atoms. The number of benzene rings is 2. The van der Waals surface area contributed by atoms with Crippen LogP contribution in [-0.4, -0.2) is 83.2 Å². The number of H-pyrrole nitrogens is 1. The first kappa shape index (κ1) is 36.8. The number of hydrogen-bond acceptors (Lipinski definition) is 12. The van der Waals surface area contributed by atoms with E-state index in [1.54, 1.807) is 30.3 Å². The quantitative estimate of drug-likeness (QED) is 0.0814. The second-order valence-corrected chi connectivity index (χ2v) is 11.0. The van der Waals surface area contributed by atoms with Crippen molar-refractivity contribution in [3.8, 4) is 6.07 Å². The molecule has 3 amide bonds. The Labute approximate surface area is 286 Å². The van der Waals surface area contributed by atoms with Gasteiger partial charge in [0.2, 0.25) is 11.9 Å². The number of amides is 3. The number of aromatic nitrogens is 4. The summed E-state index contributed by atoms with van der Waals surface area (Å²) in [5.74, 6) is -1.59. The number of halogens is 1. The van der Waals surface area contributed by atoms with Gasteiger partial charge in [-0.15, -0.1) is 0 Å². The minimum absolute atomic E-state index is 0.0334. The molecule has 2 aromatic heterocycles. The van der Waals surface area contributed by atoms with Crippen LogP contribution in [0.2, 0.25) is 0 Å². The number of nitrogen functional groups attached to an aromatic ring is 1. The Balaban J connectivity index is 1.02. The van der Waals surface area contributed by atoms with E-state index in [0.29, 0.717) is 30.8 Å². The van der Waals surface area contributed by atoms with E-state index in [2.05, 4.69) is 41.2 Å². The summed E-state index contributed by atoms with van der Waals surface area (Å²) < 4.78 is 24.2. The maximum atomic E-state index is 13.4. The van der Waals surface area contributed by atoms with Crippen molar-refractivity contribution in [1.29, 1.82) is 5.26 Å². The maximum Gasteiger partial charge on any atom is 0.280 e. The van der Waals surface area contributed by atoms with Gasteiger partial charge in [0.1, 0.15) is 11.9 Å². The molecule has 0 saturated heterocycles. The standard InChI is InChI=1S/C33H37FN10O6/c1-20(2-9-27(45)37-10-12-49-14-15-50-13-11-38-30(46)22-5-8-26(34)23(16-22)17-35)41-31(47)21-3-6-24(7-4-21)39-18-25-19-40-29-28(42-25)32(48)44-33(36)43-29/h3-8,16,19-20,39H,2,9-15,18H2,1H3,(H,37,45)(H,38,46)(H,41,47)(H3,36,40,43,44,48)/t20-/m1/s1. The molecule has 2 aromatic carbocycles. The molecule has 0 radical (unpaired) electrons. The number of fused-ring (bicyclic) bond motifs is 1. The topological polar surface area (TPSA) is 239 Å². The first-order valence-corrected chi connectivity index (χ1v) is 15.7. The van der Waals surface area contributed by atoms with Crippen LogP contribution < -0.4 is 32.6 Å². The van der Waals surface area contributed by atoms with Crippen LogP contribution >= 0.6 is 0 Å². The summed E-state index contributed by atoms with van der Waals surface area (Å²) in [4.78, 5) is 63.8. The molecule has 16 nitrogen and oxygen atoms in total. The highest BCUT2D eigenvalue weighted by Gasteiger charge is 2.13. The zero-order chi connectivity index (χ0) is 35.9. The summed E-state index contributed by atoms with van der Waals surface area (Å²) in [5.41, 5.74) is 7.00. The summed E-state index contributed by atoms with van der Waals surface area (Å²) in [5, 5.41) is 20.3. The number of aromatic amines is 1. The summed E-state index contributed by atoms with van der Waals surface area (Å²) in [7, 11) is 0. The van der Waals surface area contributed by atoms with Crippen molar-refractivity contribution in [2.24, 2.45) is 0 Å². The van der Waals surface area contributed by atoms with Crippen molar-refractivity contribution in [2.45, 2.75) is 32.4 Å². The number of carbonyl (C=O) groups is 3. The van der Waals surface area contributed by atoms with Crippen LogP contribution in [0.1, 0.15) is 51.7 Å². The van der Waals surface area contributed by atoms with Crippen molar-refractivity contribution >= 4 is 40.5 Å². The molecule has 50 heavy (non-hydrogen) atoms. The number of ether oxygens (including phenoxy) is 2. The predicted molar refractivity (Wildman–Crippen MR) is 180 cm³/mol. The molecular formula is C33H37FN10O6. The SMILES string of the molecule is C[C@H](CCC(=O)NCCOCCOCCNC(=O)c1ccc(F)c(C#N)c1)NC(=O)c1ccc(NCc2cnc3nc(N)[nH]c(=O)c3n2)cc1. The number of nitrogens with zero attached hydrogens (tertiary/aromatic N) is 4.